The first-order valence-corrected chi connectivity index (χ1v) is 27.1. The number of carbonyl (C=O) groups excluding carboxylic acids is 2. The average molecular weight is 860 g/mol. The van der Waals surface area contributed by atoms with Crippen LogP contribution in [0.4, 0.5) is 0 Å². The van der Waals surface area contributed by atoms with Gasteiger partial charge in [-0.15, -0.1) is 0 Å². The van der Waals surface area contributed by atoms with E-state index in [4.69, 9.17) is 4.74 Å². The maximum Gasteiger partial charge on any atom is 0.305 e. The van der Waals surface area contributed by atoms with Gasteiger partial charge in [0.1, 0.15) is 0 Å². The molecule has 3 N–H and O–H groups in total. The monoisotopic (exact) mass is 860 g/mol. The highest BCUT2D eigenvalue weighted by Gasteiger charge is 2.18. The molecule has 360 valence electrons. The number of unbranched alkanes of at least 4 members (excludes halogenated alkanes) is 37. The molecule has 0 aliphatic carbocycles. The molecule has 0 fully saturated rings. The van der Waals surface area contributed by atoms with Crippen LogP contribution in [0.15, 0.2) is 24.3 Å². The predicted octanol–water partition coefficient (Wildman–Crippen LogP) is 16.3. The van der Waals surface area contributed by atoms with Crippen molar-refractivity contribution in [3.8, 4) is 0 Å². The minimum Gasteiger partial charge on any atom is -0.466 e. The van der Waals surface area contributed by atoms with Crippen molar-refractivity contribution in [2.24, 2.45) is 0 Å². The van der Waals surface area contributed by atoms with Crippen LogP contribution in [0.5, 0.6) is 0 Å². The Hall–Kier alpha value is -1.66. The van der Waals surface area contributed by atoms with Gasteiger partial charge in [0, 0.05) is 12.8 Å². The zero-order valence-corrected chi connectivity index (χ0v) is 40.9. The molecule has 0 aliphatic heterocycles. The van der Waals surface area contributed by atoms with Crippen molar-refractivity contribution in [2.45, 2.75) is 302 Å². The lowest BCUT2D eigenvalue weighted by molar-refractivity contribution is -0.143. The number of ether oxygens (including phenoxy) is 1. The van der Waals surface area contributed by atoms with E-state index in [9.17, 15) is 19.8 Å². The fraction of sp³-hybridized carbons (Fsp3) is 0.891. The Bertz CT molecular complexity index is 951. The summed E-state index contributed by atoms with van der Waals surface area (Å²) >= 11 is 0. The first-order valence-electron chi connectivity index (χ1n) is 27.1. The SMILES string of the molecule is CCCC/C=C\CCCCCCCC(=O)OCCCCCCCCCCCCCCCCCCCC(=O)NC(CO)C(O)/C=C/CCCCCCCCCCCCCCCC. The van der Waals surface area contributed by atoms with Gasteiger partial charge in [-0.05, 0) is 51.4 Å². The van der Waals surface area contributed by atoms with Gasteiger partial charge in [0.15, 0.2) is 0 Å². The summed E-state index contributed by atoms with van der Waals surface area (Å²) in [5.74, 6) is -0.0792. The van der Waals surface area contributed by atoms with Crippen LogP contribution in [0.2, 0.25) is 0 Å². The summed E-state index contributed by atoms with van der Waals surface area (Å²) in [6, 6.07) is -0.631. The van der Waals surface area contributed by atoms with Crippen LogP contribution in [-0.4, -0.2) is 47.4 Å². The van der Waals surface area contributed by atoms with Crippen molar-refractivity contribution in [3.05, 3.63) is 24.3 Å². The number of allylic oxidation sites excluding steroid dienone is 3. The topological polar surface area (TPSA) is 95.9 Å². The number of aliphatic hydroxyl groups is 2. The van der Waals surface area contributed by atoms with E-state index in [-0.39, 0.29) is 18.5 Å². The second kappa shape index (κ2) is 51.0. The highest BCUT2D eigenvalue weighted by molar-refractivity contribution is 5.76. The summed E-state index contributed by atoms with van der Waals surface area (Å²) in [6.07, 6.45) is 60.4. The van der Waals surface area contributed by atoms with Crippen LogP contribution in [0.3, 0.4) is 0 Å². The normalized spacial score (nSPS) is 12.8. The van der Waals surface area contributed by atoms with E-state index in [2.05, 4.69) is 31.3 Å². The van der Waals surface area contributed by atoms with E-state index in [1.54, 1.807) is 6.08 Å². The number of amides is 1. The Labute approximate surface area is 380 Å². The highest BCUT2D eigenvalue weighted by Crippen LogP contribution is 2.16. The number of esters is 1. The first-order chi connectivity index (χ1) is 30.0. The van der Waals surface area contributed by atoms with Crippen molar-refractivity contribution >= 4 is 11.9 Å². The number of hydrogen-bond acceptors (Lipinski definition) is 5. The highest BCUT2D eigenvalue weighted by atomic mass is 16.5. The number of carbonyl (C=O) groups is 2. The summed E-state index contributed by atoms with van der Waals surface area (Å²) in [4.78, 5) is 24.4. The van der Waals surface area contributed by atoms with E-state index in [0.717, 1.165) is 44.9 Å². The second-order valence-corrected chi connectivity index (χ2v) is 18.6. The van der Waals surface area contributed by atoms with E-state index in [1.807, 2.05) is 6.08 Å². The van der Waals surface area contributed by atoms with Gasteiger partial charge < -0.3 is 20.3 Å². The summed E-state index contributed by atoms with van der Waals surface area (Å²) in [6.45, 7) is 4.86. The Morgan fingerprint density at radius 3 is 1.21 bits per heavy atom. The van der Waals surface area contributed by atoms with Crippen LogP contribution >= 0.6 is 0 Å². The lowest BCUT2D eigenvalue weighted by Gasteiger charge is -2.20. The van der Waals surface area contributed by atoms with Gasteiger partial charge in [-0.1, -0.05) is 250 Å². The molecule has 0 saturated heterocycles. The number of nitrogens with one attached hydrogen (secondary N) is 1. The summed E-state index contributed by atoms with van der Waals surface area (Å²) < 4.78 is 5.45. The van der Waals surface area contributed by atoms with Crippen molar-refractivity contribution in [1.29, 1.82) is 0 Å². The Balaban J connectivity index is 3.46. The molecule has 1 amide bonds. The van der Waals surface area contributed by atoms with Gasteiger partial charge >= 0.3 is 5.97 Å². The third-order valence-electron chi connectivity index (χ3n) is 12.5. The summed E-state index contributed by atoms with van der Waals surface area (Å²) in [7, 11) is 0. The van der Waals surface area contributed by atoms with E-state index >= 15 is 0 Å². The molecule has 0 aromatic heterocycles. The van der Waals surface area contributed by atoms with Crippen LogP contribution < -0.4 is 5.32 Å². The van der Waals surface area contributed by atoms with Gasteiger partial charge in [0.25, 0.3) is 0 Å². The minimum absolute atomic E-state index is 0.00674. The molecular formula is C55H105NO5. The predicted molar refractivity (Wildman–Crippen MR) is 264 cm³/mol. The van der Waals surface area contributed by atoms with E-state index in [0.29, 0.717) is 19.4 Å². The van der Waals surface area contributed by atoms with Crippen LogP contribution in [0.25, 0.3) is 0 Å². The summed E-state index contributed by atoms with van der Waals surface area (Å²) in [5, 5.41) is 23.1. The van der Waals surface area contributed by atoms with Crippen LogP contribution in [-0.2, 0) is 14.3 Å². The van der Waals surface area contributed by atoms with Crippen molar-refractivity contribution in [2.75, 3.05) is 13.2 Å². The molecular weight excluding hydrogens is 755 g/mol. The fourth-order valence-electron chi connectivity index (χ4n) is 8.26. The molecule has 0 aliphatic rings. The molecule has 0 aromatic carbocycles. The Morgan fingerprint density at radius 1 is 0.443 bits per heavy atom. The lowest BCUT2D eigenvalue weighted by atomic mass is 10.0. The van der Waals surface area contributed by atoms with Crippen molar-refractivity contribution in [1.82, 2.24) is 5.32 Å². The van der Waals surface area contributed by atoms with E-state index < -0.39 is 12.1 Å². The molecule has 0 bridgehead atoms. The third kappa shape index (κ3) is 47.7. The molecule has 2 unspecified atom stereocenters. The zero-order valence-electron chi connectivity index (χ0n) is 40.9. The molecule has 0 rings (SSSR count). The molecule has 2 atom stereocenters. The van der Waals surface area contributed by atoms with E-state index in [1.165, 1.54) is 218 Å². The molecule has 6 nitrogen and oxygen atoms in total. The number of hydrogen-bond donors (Lipinski definition) is 3. The number of rotatable bonds is 50. The van der Waals surface area contributed by atoms with Gasteiger partial charge in [-0.3, -0.25) is 9.59 Å². The molecule has 61 heavy (non-hydrogen) atoms. The van der Waals surface area contributed by atoms with Crippen LogP contribution in [0, 0.1) is 0 Å². The molecule has 0 saturated carbocycles. The quantitative estimate of drug-likeness (QED) is 0.0322. The fourth-order valence-corrected chi connectivity index (χ4v) is 8.26. The number of aliphatic hydroxyl groups excluding tert-OH is 2. The first kappa shape index (κ1) is 59.3. The Kier molecular flexibility index (Phi) is 49.6. The van der Waals surface area contributed by atoms with Gasteiger partial charge in [-0.2, -0.15) is 0 Å². The largest absolute Gasteiger partial charge is 0.466 e. The standard InChI is InChI=1S/C55H105NO5/c1-3-5-7-9-11-13-15-16-17-21-24-28-31-35-39-43-47-53(58)52(51-57)56-54(59)48-44-40-36-32-29-25-22-19-18-20-23-26-30-34-38-42-46-50-61-55(60)49-45-41-37-33-27-14-12-10-8-6-4-2/h10,12,43,47,52-53,57-58H,3-9,11,13-42,44-46,48-51H2,1-2H3,(H,56,59)/b12-10-,47-43+. The average Bonchev–Trinajstić information content (AvgIpc) is 3.26. The molecule has 0 radical (unpaired) electrons. The third-order valence-corrected chi connectivity index (χ3v) is 12.5. The maximum absolute atomic E-state index is 12.4. The lowest BCUT2D eigenvalue weighted by Crippen LogP contribution is -2.45. The Morgan fingerprint density at radius 2 is 0.787 bits per heavy atom. The van der Waals surface area contributed by atoms with Crippen LogP contribution in [0.1, 0.15) is 290 Å². The van der Waals surface area contributed by atoms with Gasteiger partial charge in [0.2, 0.25) is 5.91 Å². The van der Waals surface area contributed by atoms with Crippen molar-refractivity contribution in [3.63, 3.8) is 0 Å². The van der Waals surface area contributed by atoms with Gasteiger partial charge in [0.05, 0.1) is 25.4 Å². The smallest absolute Gasteiger partial charge is 0.305 e. The summed E-state index contributed by atoms with van der Waals surface area (Å²) in [5.41, 5.74) is 0. The zero-order chi connectivity index (χ0) is 44.4. The molecule has 0 aromatic rings. The van der Waals surface area contributed by atoms with Gasteiger partial charge in [-0.25, -0.2) is 0 Å². The second-order valence-electron chi connectivity index (χ2n) is 18.6. The molecule has 0 heterocycles. The molecule has 0 spiro atoms. The van der Waals surface area contributed by atoms with Crippen molar-refractivity contribution < 1.29 is 24.5 Å². The molecule has 6 heteroatoms. The maximum atomic E-state index is 12.4. The minimum atomic E-state index is -0.847.